The molecule has 2 fully saturated rings. The number of amides is 1. The first-order chi connectivity index (χ1) is 15.9. The van der Waals surface area contributed by atoms with Gasteiger partial charge in [-0.15, -0.1) is 0 Å². The maximum atomic E-state index is 14.2. The average molecular weight is 462 g/mol. The highest BCUT2D eigenvalue weighted by Gasteiger charge is 2.41. The van der Waals surface area contributed by atoms with E-state index >= 15 is 0 Å². The molecule has 7 nitrogen and oxygen atoms in total. The van der Waals surface area contributed by atoms with E-state index in [0.717, 1.165) is 44.1 Å². The second-order valence-corrected chi connectivity index (χ2v) is 9.36. The molecule has 0 aromatic heterocycles. The van der Waals surface area contributed by atoms with Gasteiger partial charge in [-0.2, -0.15) is 0 Å². The van der Waals surface area contributed by atoms with Crippen LogP contribution in [0, 0.1) is 5.92 Å². The van der Waals surface area contributed by atoms with Crippen LogP contribution in [0.5, 0.6) is 17.2 Å². The van der Waals surface area contributed by atoms with Crippen LogP contribution in [0.15, 0.2) is 12.1 Å². The van der Waals surface area contributed by atoms with Crippen molar-refractivity contribution in [2.75, 3.05) is 27.9 Å². The first-order valence-corrected chi connectivity index (χ1v) is 12.2. The molecule has 1 saturated heterocycles. The van der Waals surface area contributed by atoms with E-state index in [9.17, 15) is 9.59 Å². The van der Waals surface area contributed by atoms with Gasteiger partial charge in [0.05, 0.1) is 33.4 Å². The first-order valence-electron chi connectivity index (χ1n) is 12.2. The summed E-state index contributed by atoms with van der Waals surface area (Å²) in [6.07, 6.45) is 7.63. The van der Waals surface area contributed by atoms with Gasteiger partial charge >= 0.3 is 5.97 Å². The Hall–Kier alpha value is -2.44. The minimum absolute atomic E-state index is 0.00146. The number of nitrogens with zero attached hydrogens (tertiary/aromatic N) is 1. The van der Waals surface area contributed by atoms with Gasteiger partial charge in [0.1, 0.15) is 6.04 Å². The zero-order chi connectivity index (χ0) is 24.0. The summed E-state index contributed by atoms with van der Waals surface area (Å²) in [6, 6.07) is 3.26. The van der Waals surface area contributed by atoms with Crippen LogP contribution in [0.4, 0.5) is 0 Å². The Bertz CT molecular complexity index is 792. The molecule has 0 N–H and O–H groups in total. The fourth-order valence-electron chi connectivity index (χ4n) is 5.29. The van der Waals surface area contributed by atoms with Gasteiger partial charge in [0.15, 0.2) is 11.5 Å². The molecule has 0 radical (unpaired) electrons. The number of esters is 1. The van der Waals surface area contributed by atoms with Crippen molar-refractivity contribution in [1.29, 1.82) is 0 Å². The predicted molar refractivity (Wildman–Crippen MR) is 126 cm³/mol. The van der Waals surface area contributed by atoms with Gasteiger partial charge in [0.2, 0.25) is 11.7 Å². The minimum Gasteiger partial charge on any atom is -0.493 e. The van der Waals surface area contributed by atoms with Crippen molar-refractivity contribution in [2.45, 2.75) is 83.3 Å². The Kier molecular flexibility index (Phi) is 8.87. The maximum absolute atomic E-state index is 14.2. The summed E-state index contributed by atoms with van der Waals surface area (Å²) in [5, 5.41) is 0. The van der Waals surface area contributed by atoms with Crippen LogP contribution in [0.2, 0.25) is 0 Å². The van der Waals surface area contributed by atoms with Crippen LogP contribution in [-0.4, -0.2) is 56.8 Å². The van der Waals surface area contributed by atoms with Gasteiger partial charge < -0.3 is 23.8 Å². The lowest BCUT2D eigenvalue weighted by atomic mass is 9.75. The number of carbonyl (C=O) groups is 2. The zero-order valence-corrected chi connectivity index (χ0v) is 20.7. The SMILES string of the molecule is COc1cc(C(C(=O)N2CCCC[C@H]2C(=O)OC(C)C)C2CCCCC2)cc(OC)c1OC. The number of piperidine rings is 1. The molecule has 1 aliphatic carbocycles. The van der Waals surface area contributed by atoms with Crippen LogP contribution < -0.4 is 14.2 Å². The molecule has 1 saturated carbocycles. The second-order valence-electron chi connectivity index (χ2n) is 9.36. The molecule has 33 heavy (non-hydrogen) atoms. The quantitative estimate of drug-likeness (QED) is 0.522. The number of hydrogen-bond donors (Lipinski definition) is 0. The predicted octanol–water partition coefficient (Wildman–Crippen LogP) is 4.71. The standard InChI is InChI=1S/C26H39NO6/c1-17(2)33-26(29)20-13-9-10-14-27(20)25(28)23(18-11-7-6-8-12-18)19-15-21(30-3)24(32-5)22(16-19)31-4/h15-18,20,23H,6-14H2,1-5H3/t20-,23?/m0/s1. The van der Waals surface area contributed by atoms with Gasteiger partial charge in [-0.05, 0) is 69.6 Å². The number of ether oxygens (including phenoxy) is 4. The molecule has 3 rings (SSSR count). The van der Waals surface area contributed by atoms with Crippen molar-refractivity contribution >= 4 is 11.9 Å². The fourth-order valence-corrected chi connectivity index (χ4v) is 5.29. The van der Waals surface area contributed by atoms with E-state index in [2.05, 4.69) is 0 Å². The zero-order valence-electron chi connectivity index (χ0n) is 20.7. The third-order valence-electron chi connectivity index (χ3n) is 6.84. The number of methoxy groups -OCH3 is 3. The molecule has 1 aromatic carbocycles. The van der Waals surface area contributed by atoms with Crippen molar-refractivity contribution in [2.24, 2.45) is 5.92 Å². The van der Waals surface area contributed by atoms with Crippen molar-refractivity contribution < 1.29 is 28.5 Å². The number of benzene rings is 1. The summed E-state index contributed by atoms with van der Waals surface area (Å²) >= 11 is 0. The molecule has 2 atom stereocenters. The lowest BCUT2D eigenvalue weighted by Crippen LogP contribution is -2.51. The van der Waals surface area contributed by atoms with E-state index in [1.54, 1.807) is 26.2 Å². The molecule has 7 heteroatoms. The topological polar surface area (TPSA) is 74.3 Å². The third kappa shape index (κ3) is 5.74. The first kappa shape index (κ1) is 25.2. The lowest BCUT2D eigenvalue weighted by molar-refractivity contribution is -0.161. The van der Waals surface area contributed by atoms with Crippen molar-refractivity contribution in [3.05, 3.63) is 17.7 Å². The number of rotatable bonds is 8. The summed E-state index contributed by atoms with van der Waals surface area (Å²) in [5.74, 6) is 1.12. The van der Waals surface area contributed by atoms with Crippen LogP contribution >= 0.6 is 0 Å². The molecule has 1 unspecified atom stereocenters. The summed E-state index contributed by atoms with van der Waals surface area (Å²) in [6.45, 7) is 4.26. The van der Waals surface area contributed by atoms with Crippen LogP contribution in [0.25, 0.3) is 0 Å². The minimum atomic E-state index is -0.526. The van der Waals surface area contributed by atoms with Crippen LogP contribution in [0.1, 0.15) is 76.7 Å². The molecule has 0 bridgehead atoms. The molecule has 1 amide bonds. The highest BCUT2D eigenvalue weighted by atomic mass is 16.5. The third-order valence-corrected chi connectivity index (χ3v) is 6.84. The molecular formula is C26H39NO6. The normalized spacial score (nSPS) is 20.3. The largest absolute Gasteiger partial charge is 0.493 e. The molecule has 1 heterocycles. The second kappa shape index (κ2) is 11.6. The molecule has 1 aromatic rings. The molecule has 1 aliphatic heterocycles. The fraction of sp³-hybridized carbons (Fsp3) is 0.692. The van der Waals surface area contributed by atoms with E-state index in [-0.39, 0.29) is 29.8 Å². The van der Waals surface area contributed by atoms with Gasteiger partial charge in [0.25, 0.3) is 0 Å². The van der Waals surface area contributed by atoms with E-state index < -0.39 is 6.04 Å². The smallest absolute Gasteiger partial charge is 0.329 e. The van der Waals surface area contributed by atoms with Gasteiger partial charge in [-0.1, -0.05) is 19.3 Å². The summed E-state index contributed by atoms with van der Waals surface area (Å²) in [4.78, 5) is 28.8. The van der Waals surface area contributed by atoms with E-state index in [4.69, 9.17) is 18.9 Å². The van der Waals surface area contributed by atoms with Gasteiger partial charge in [-0.25, -0.2) is 4.79 Å². The lowest BCUT2D eigenvalue weighted by Gasteiger charge is -2.39. The molecule has 0 spiro atoms. The van der Waals surface area contributed by atoms with Crippen molar-refractivity contribution in [3.63, 3.8) is 0 Å². The Labute approximate surface area is 197 Å². The van der Waals surface area contributed by atoms with Gasteiger partial charge in [0, 0.05) is 6.54 Å². The monoisotopic (exact) mass is 461 g/mol. The Morgan fingerprint density at radius 3 is 2.03 bits per heavy atom. The van der Waals surface area contributed by atoms with Crippen LogP contribution in [-0.2, 0) is 14.3 Å². The Balaban J connectivity index is 2.02. The van der Waals surface area contributed by atoms with Crippen LogP contribution in [0.3, 0.4) is 0 Å². The molecule has 2 aliphatic rings. The number of likely N-dealkylation sites (tertiary alicyclic amines) is 1. The summed E-state index contributed by atoms with van der Waals surface area (Å²) < 4.78 is 22.2. The summed E-state index contributed by atoms with van der Waals surface area (Å²) in [7, 11) is 4.74. The van der Waals surface area contributed by atoms with Gasteiger partial charge in [-0.3, -0.25) is 4.79 Å². The van der Waals surface area contributed by atoms with Crippen molar-refractivity contribution in [3.8, 4) is 17.2 Å². The number of carbonyl (C=O) groups excluding carboxylic acids is 2. The highest BCUT2D eigenvalue weighted by molar-refractivity contribution is 5.89. The molecule has 184 valence electrons. The maximum Gasteiger partial charge on any atom is 0.329 e. The highest BCUT2D eigenvalue weighted by Crippen LogP contribution is 2.45. The summed E-state index contributed by atoms with van der Waals surface area (Å²) in [5.41, 5.74) is 0.850. The average Bonchev–Trinajstić information content (AvgIpc) is 2.83. The Morgan fingerprint density at radius 1 is 0.879 bits per heavy atom. The van der Waals surface area contributed by atoms with Crippen molar-refractivity contribution in [1.82, 2.24) is 4.90 Å². The number of hydrogen-bond acceptors (Lipinski definition) is 6. The Morgan fingerprint density at radius 2 is 1.48 bits per heavy atom. The van der Waals surface area contributed by atoms with E-state index in [1.165, 1.54) is 6.42 Å². The van der Waals surface area contributed by atoms with E-state index in [1.807, 2.05) is 26.0 Å². The molecular weight excluding hydrogens is 422 g/mol. The van der Waals surface area contributed by atoms with E-state index in [0.29, 0.717) is 30.2 Å².